The summed E-state index contributed by atoms with van der Waals surface area (Å²) in [6.45, 7) is 15.7. The van der Waals surface area contributed by atoms with E-state index in [2.05, 4.69) is 40.7 Å². The first-order chi connectivity index (χ1) is 16.0. The minimum absolute atomic E-state index is 0. The molecule has 174 valence electrons. The van der Waals surface area contributed by atoms with E-state index in [0.717, 1.165) is 16.7 Å². The van der Waals surface area contributed by atoms with Gasteiger partial charge in [0.25, 0.3) is 0 Å². The van der Waals surface area contributed by atoms with E-state index in [1.54, 1.807) is 22.3 Å². The summed E-state index contributed by atoms with van der Waals surface area (Å²) in [4.78, 5) is 0. The van der Waals surface area contributed by atoms with E-state index in [9.17, 15) is 0 Å². The summed E-state index contributed by atoms with van der Waals surface area (Å²) in [6.07, 6.45) is 6.70. The maximum atomic E-state index is 3.72. The summed E-state index contributed by atoms with van der Waals surface area (Å²) in [5.74, 6) is 0. The molecule has 0 spiro atoms. The first-order valence-electron chi connectivity index (χ1n) is 11.9. The molecule has 0 N–H and O–H groups in total. The Kier molecular flexibility index (Phi) is 14.6. The molecule has 0 aliphatic heterocycles. The number of aryl methyl sites for hydroxylation is 2. The molecular formula is C33H38Ti. The molecule has 1 heteroatoms. The third kappa shape index (κ3) is 11.0. The Morgan fingerprint density at radius 3 is 1.35 bits per heavy atom. The Balaban J connectivity index is 0.000000233. The molecule has 4 aromatic rings. The molecule has 0 radical (unpaired) electrons. The van der Waals surface area contributed by atoms with Crippen LogP contribution in [-0.4, -0.2) is 0 Å². The van der Waals surface area contributed by atoms with Crippen LogP contribution in [0.4, 0.5) is 0 Å². The van der Waals surface area contributed by atoms with Crippen molar-refractivity contribution in [3.05, 3.63) is 157 Å². The minimum atomic E-state index is 0. The molecule has 0 heterocycles. The molecule has 0 saturated heterocycles. The topological polar surface area (TPSA) is 0 Å². The zero-order chi connectivity index (χ0) is 23.9. The standard InChI is InChI=1S/C12H17.3C7H7.Ti/c1-3-10-8-9(2)11-6-4-5-7-12(10)11;3*1-7-5-3-2-4-6-7;/h8H,3-7H2,1-2H3;3*2-6H,1H2;/q4*-1;+4. The van der Waals surface area contributed by atoms with Gasteiger partial charge in [0, 0.05) is 0 Å². The second-order valence-corrected chi connectivity index (χ2v) is 8.33. The van der Waals surface area contributed by atoms with Gasteiger partial charge in [0.2, 0.25) is 0 Å². The predicted octanol–water partition coefficient (Wildman–Crippen LogP) is 8.76. The van der Waals surface area contributed by atoms with Gasteiger partial charge in [-0.25, -0.2) is 0 Å². The van der Waals surface area contributed by atoms with Crippen LogP contribution < -0.4 is 0 Å². The van der Waals surface area contributed by atoms with Gasteiger partial charge in [0.15, 0.2) is 0 Å². The van der Waals surface area contributed by atoms with E-state index in [4.69, 9.17) is 0 Å². The Bertz CT molecular complexity index is 925. The fraction of sp³-hybridized carbons (Fsp3) is 0.212. The van der Waals surface area contributed by atoms with Gasteiger partial charge in [-0.05, 0) is 0 Å². The van der Waals surface area contributed by atoms with Gasteiger partial charge in [-0.1, -0.05) is 64.2 Å². The Hall–Kier alpha value is -2.67. The number of rotatable bonds is 1. The van der Waals surface area contributed by atoms with Gasteiger partial charge in [-0.15, -0.1) is 36.4 Å². The predicted molar refractivity (Wildman–Crippen MR) is 145 cm³/mol. The summed E-state index contributed by atoms with van der Waals surface area (Å²) in [7, 11) is 0. The monoisotopic (exact) mass is 482 g/mol. The summed E-state index contributed by atoms with van der Waals surface area (Å²) in [5.41, 5.74) is 9.75. The number of benzene rings is 3. The summed E-state index contributed by atoms with van der Waals surface area (Å²) in [5, 5.41) is 0. The van der Waals surface area contributed by atoms with Crippen molar-refractivity contribution >= 4 is 0 Å². The molecule has 4 aromatic carbocycles. The smallest absolute Gasteiger partial charge is 0.199 e. The van der Waals surface area contributed by atoms with Crippen LogP contribution in [-0.2, 0) is 41.0 Å². The van der Waals surface area contributed by atoms with Crippen molar-refractivity contribution in [2.45, 2.75) is 46.0 Å². The van der Waals surface area contributed by atoms with Crippen LogP contribution in [0.15, 0.2) is 97.1 Å². The molecule has 0 bridgehead atoms. The number of fused-ring (bicyclic) bond motifs is 1. The maximum Gasteiger partial charge on any atom is 4.00 e. The molecule has 0 fully saturated rings. The molecule has 0 aromatic heterocycles. The normalized spacial score (nSPS) is 11.0. The third-order valence-corrected chi connectivity index (χ3v) is 5.63. The van der Waals surface area contributed by atoms with Crippen LogP contribution in [0.25, 0.3) is 0 Å². The van der Waals surface area contributed by atoms with Crippen LogP contribution in [0, 0.1) is 27.7 Å². The summed E-state index contributed by atoms with van der Waals surface area (Å²) < 4.78 is 0. The molecule has 1 aliphatic rings. The van der Waals surface area contributed by atoms with Gasteiger partial charge < -0.3 is 0 Å². The third-order valence-electron chi connectivity index (χ3n) is 5.63. The van der Waals surface area contributed by atoms with E-state index in [1.165, 1.54) is 32.1 Å². The van der Waals surface area contributed by atoms with Crippen molar-refractivity contribution in [1.82, 2.24) is 0 Å². The molecule has 5 rings (SSSR count). The average Bonchev–Trinajstić information content (AvgIpc) is 3.18. The van der Waals surface area contributed by atoms with Crippen molar-refractivity contribution < 1.29 is 21.7 Å². The number of hydrogen-bond donors (Lipinski definition) is 0. The average molecular weight is 483 g/mol. The fourth-order valence-corrected chi connectivity index (χ4v) is 3.88. The van der Waals surface area contributed by atoms with Crippen molar-refractivity contribution in [2.75, 3.05) is 0 Å². The molecule has 1 aliphatic carbocycles. The first-order valence-corrected chi connectivity index (χ1v) is 11.9. The van der Waals surface area contributed by atoms with Crippen LogP contribution in [0.3, 0.4) is 0 Å². The Labute approximate surface area is 223 Å². The van der Waals surface area contributed by atoms with Crippen LogP contribution in [0.5, 0.6) is 0 Å². The zero-order valence-corrected chi connectivity index (χ0v) is 22.5. The van der Waals surface area contributed by atoms with Crippen molar-refractivity contribution in [2.24, 2.45) is 0 Å². The maximum absolute atomic E-state index is 3.72. The second kappa shape index (κ2) is 16.9. The van der Waals surface area contributed by atoms with Gasteiger partial charge in [-0.2, -0.15) is 102 Å². The van der Waals surface area contributed by atoms with Crippen LogP contribution in [0.2, 0.25) is 0 Å². The van der Waals surface area contributed by atoms with E-state index in [0.29, 0.717) is 0 Å². The second-order valence-electron chi connectivity index (χ2n) is 8.33. The number of hydrogen-bond acceptors (Lipinski definition) is 0. The van der Waals surface area contributed by atoms with Crippen molar-refractivity contribution in [3.63, 3.8) is 0 Å². The Morgan fingerprint density at radius 1 is 0.647 bits per heavy atom. The van der Waals surface area contributed by atoms with Crippen LogP contribution >= 0.6 is 0 Å². The quantitative estimate of drug-likeness (QED) is 0.188. The zero-order valence-electron chi connectivity index (χ0n) is 20.9. The molecule has 0 atom stereocenters. The van der Waals surface area contributed by atoms with E-state index in [1.807, 2.05) is 91.0 Å². The van der Waals surface area contributed by atoms with Gasteiger partial charge in [0.1, 0.15) is 0 Å². The van der Waals surface area contributed by atoms with E-state index >= 15 is 0 Å². The fourth-order valence-electron chi connectivity index (χ4n) is 3.88. The van der Waals surface area contributed by atoms with E-state index in [-0.39, 0.29) is 21.7 Å². The van der Waals surface area contributed by atoms with Crippen LogP contribution in [0.1, 0.15) is 58.7 Å². The summed E-state index contributed by atoms with van der Waals surface area (Å²) in [6, 6.07) is 32.0. The largest absolute Gasteiger partial charge is 4.00 e. The van der Waals surface area contributed by atoms with Crippen molar-refractivity contribution in [3.8, 4) is 0 Å². The molecule has 0 nitrogen and oxygen atoms in total. The first kappa shape index (κ1) is 29.4. The van der Waals surface area contributed by atoms with E-state index < -0.39 is 0 Å². The molecular weight excluding hydrogens is 444 g/mol. The summed E-state index contributed by atoms with van der Waals surface area (Å²) >= 11 is 0. The molecule has 0 unspecified atom stereocenters. The van der Waals surface area contributed by atoms with Gasteiger partial charge >= 0.3 is 21.7 Å². The van der Waals surface area contributed by atoms with Crippen molar-refractivity contribution in [1.29, 1.82) is 0 Å². The molecule has 34 heavy (non-hydrogen) atoms. The SMILES string of the molecule is CC[c-]1cc(C)c2c1CCCC2.[CH2-]c1ccccc1.[CH2-]c1ccccc1.[CH2-]c1ccccc1.[Ti+4]. The van der Waals surface area contributed by atoms with Gasteiger partial charge in [0.05, 0.1) is 0 Å². The minimum Gasteiger partial charge on any atom is -0.199 e. The molecule has 0 saturated carbocycles. The van der Waals surface area contributed by atoms with Gasteiger partial charge in [-0.3, -0.25) is 0 Å². The molecule has 0 amide bonds. The Morgan fingerprint density at radius 2 is 1.03 bits per heavy atom.